The van der Waals surface area contributed by atoms with Crippen molar-refractivity contribution in [1.29, 1.82) is 0 Å². The van der Waals surface area contributed by atoms with Crippen molar-refractivity contribution in [2.75, 3.05) is 7.05 Å². The number of amides is 1. The first-order valence-electron chi connectivity index (χ1n) is 4.82. The summed E-state index contributed by atoms with van der Waals surface area (Å²) in [5.41, 5.74) is -0.422. The van der Waals surface area contributed by atoms with Crippen molar-refractivity contribution < 1.29 is 22.8 Å². The number of alkyl halides is 3. The van der Waals surface area contributed by atoms with Gasteiger partial charge >= 0.3 is 6.18 Å². The fraction of sp³-hybridized carbons (Fsp3) is 0.400. The summed E-state index contributed by atoms with van der Waals surface area (Å²) < 4.78 is 37.6. The first-order chi connectivity index (χ1) is 7.84. The number of hydrogen-bond acceptors (Lipinski definition) is 2. The van der Waals surface area contributed by atoms with Gasteiger partial charge in [-0.1, -0.05) is 0 Å². The summed E-state index contributed by atoms with van der Waals surface area (Å²) in [6.07, 6.45) is -2.31. The molecule has 0 aliphatic rings. The molecule has 7 heteroatoms. The van der Waals surface area contributed by atoms with Crippen molar-refractivity contribution in [1.82, 2.24) is 9.88 Å². The number of aromatic nitrogens is 1. The number of hydrogen-bond donors (Lipinski definition) is 1. The van der Waals surface area contributed by atoms with E-state index in [0.717, 1.165) is 12.3 Å². The number of halogens is 3. The molecule has 4 nitrogen and oxygen atoms in total. The molecule has 94 valence electrons. The fourth-order valence-corrected chi connectivity index (χ4v) is 1.23. The van der Waals surface area contributed by atoms with Crippen LogP contribution in [0.25, 0.3) is 0 Å². The van der Waals surface area contributed by atoms with Crippen LogP contribution in [0.15, 0.2) is 18.5 Å². The zero-order valence-corrected chi connectivity index (χ0v) is 9.04. The predicted octanol–water partition coefficient (Wildman–Crippen LogP) is 1.37. The van der Waals surface area contributed by atoms with Crippen molar-refractivity contribution in [3.05, 3.63) is 24.0 Å². The minimum absolute atomic E-state index is 0.144. The summed E-state index contributed by atoms with van der Waals surface area (Å²) in [4.78, 5) is 21.8. The Kier molecular flexibility index (Phi) is 3.93. The van der Waals surface area contributed by atoms with Gasteiger partial charge in [-0.25, -0.2) is 0 Å². The van der Waals surface area contributed by atoms with Crippen molar-refractivity contribution in [2.24, 2.45) is 0 Å². The SMILES string of the molecule is CNC(=O)CCn1ccc(C(=O)C(F)(F)F)c1. The molecule has 0 saturated carbocycles. The van der Waals surface area contributed by atoms with Crippen molar-refractivity contribution in [3.63, 3.8) is 0 Å². The van der Waals surface area contributed by atoms with Crippen LogP contribution in [-0.4, -0.2) is 29.5 Å². The normalized spacial score (nSPS) is 11.3. The highest BCUT2D eigenvalue weighted by Crippen LogP contribution is 2.21. The van der Waals surface area contributed by atoms with E-state index in [4.69, 9.17) is 0 Å². The molecule has 1 amide bonds. The lowest BCUT2D eigenvalue weighted by molar-refractivity contribution is -0.120. The van der Waals surface area contributed by atoms with E-state index < -0.39 is 17.5 Å². The van der Waals surface area contributed by atoms with Gasteiger partial charge in [0.1, 0.15) is 0 Å². The molecule has 1 heterocycles. The van der Waals surface area contributed by atoms with E-state index >= 15 is 0 Å². The fourth-order valence-electron chi connectivity index (χ4n) is 1.23. The number of nitrogens with one attached hydrogen (secondary N) is 1. The largest absolute Gasteiger partial charge is 0.454 e. The molecule has 0 saturated heterocycles. The Morgan fingerprint density at radius 1 is 1.41 bits per heavy atom. The lowest BCUT2D eigenvalue weighted by atomic mass is 10.2. The van der Waals surface area contributed by atoms with Crippen LogP contribution >= 0.6 is 0 Å². The summed E-state index contributed by atoms with van der Waals surface area (Å²) in [6, 6.07) is 1.08. The third-order valence-corrected chi connectivity index (χ3v) is 2.15. The van der Waals surface area contributed by atoms with Gasteiger partial charge in [-0.15, -0.1) is 0 Å². The number of carbonyl (C=O) groups is 2. The van der Waals surface area contributed by atoms with E-state index in [1.807, 2.05) is 0 Å². The minimum atomic E-state index is -4.87. The van der Waals surface area contributed by atoms with Crippen molar-refractivity contribution >= 4 is 11.7 Å². The Morgan fingerprint density at radius 2 is 2.06 bits per heavy atom. The molecular formula is C10H11F3N2O2. The number of nitrogens with zero attached hydrogens (tertiary/aromatic N) is 1. The second kappa shape index (κ2) is 5.03. The van der Waals surface area contributed by atoms with Crippen LogP contribution in [0.2, 0.25) is 0 Å². The molecule has 0 atom stereocenters. The van der Waals surface area contributed by atoms with E-state index in [2.05, 4.69) is 5.32 Å². The zero-order valence-electron chi connectivity index (χ0n) is 9.04. The molecule has 1 aromatic heterocycles. The Bertz CT molecular complexity index is 423. The Morgan fingerprint density at radius 3 is 2.59 bits per heavy atom. The van der Waals surface area contributed by atoms with Crippen molar-refractivity contribution in [3.8, 4) is 0 Å². The molecule has 1 aromatic rings. The quantitative estimate of drug-likeness (QED) is 0.818. The first kappa shape index (κ1) is 13.3. The Labute approximate surface area is 95.4 Å². The number of carbonyl (C=O) groups excluding carboxylic acids is 2. The second-order valence-corrected chi connectivity index (χ2v) is 3.39. The zero-order chi connectivity index (χ0) is 13.1. The maximum Gasteiger partial charge on any atom is 0.454 e. The second-order valence-electron chi connectivity index (χ2n) is 3.39. The average Bonchev–Trinajstić information content (AvgIpc) is 2.71. The summed E-state index contributed by atoms with van der Waals surface area (Å²) in [5.74, 6) is -2.10. The molecule has 0 spiro atoms. The molecule has 0 aliphatic heterocycles. The van der Waals surface area contributed by atoms with Crippen LogP contribution in [0.4, 0.5) is 13.2 Å². The topological polar surface area (TPSA) is 51.1 Å². The molecule has 17 heavy (non-hydrogen) atoms. The van der Waals surface area contributed by atoms with Crippen molar-refractivity contribution in [2.45, 2.75) is 19.1 Å². The van der Waals surface area contributed by atoms with E-state index in [9.17, 15) is 22.8 Å². The molecule has 1 rings (SSSR count). The monoisotopic (exact) mass is 248 g/mol. The minimum Gasteiger partial charge on any atom is -0.359 e. The van der Waals surface area contributed by atoms with Gasteiger partial charge in [0.05, 0.1) is 0 Å². The molecule has 0 fully saturated rings. The van der Waals surface area contributed by atoms with Crippen LogP contribution in [-0.2, 0) is 11.3 Å². The molecule has 0 radical (unpaired) electrons. The predicted molar refractivity (Wildman–Crippen MR) is 53.5 cm³/mol. The van der Waals surface area contributed by atoms with Gasteiger partial charge < -0.3 is 9.88 Å². The summed E-state index contributed by atoms with van der Waals surface area (Å²) in [5, 5.41) is 2.39. The van der Waals surface area contributed by atoms with Crippen LogP contribution in [0.5, 0.6) is 0 Å². The lowest BCUT2D eigenvalue weighted by Crippen LogP contribution is -2.22. The van der Waals surface area contributed by atoms with Crippen LogP contribution in [0, 0.1) is 0 Å². The average molecular weight is 248 g/mol. The highest BCUT2D eigenvalue weighted by Gasteiger charge is 2.39. The van der Waals surface area contributed by atoms with Gasteiger partial charge in [0.15, 0.2) is 0 Å². The van der Waals surface area contributed by atoms with Gasteiger partial charge in [-0.05, 0) is 6.07 Å². The molecule has 0 bridgehead atoms. The molecule has 0 unspecified atom stereocenters. The summed E-state index contributed by atoms with van der Waals surface area (Å²) in [7, 11) is 1.47. The highest BCUT2D eigenvalue weighted by atomic mass is 19.4. The molecule has 0 aromatic carbocycles. The third kappa shape index (κ3) is 3.61. The molecule has 0 aliphatic carbocycles. The maximum atomic E-state index is 12.1. The van der Waals surface area contributed by atoms with Gasteiger partial charge in [-0.2, -0.15) is 13.2 Å². The maximum absolute atomic E-state index is 12.1. The third-order valence-electron chi connectivity index (χ3n) is 2.15. The highest BCUT2D eigenvalue weighted by molar-refractivity contribution is 6.00. The molecular weight excluding hydrogens is 237 g/mol. The summed E-state index contributed by atoms with van der Waals surface area (Å²) in [6.45, 7) is 0.227. The first-order valence-corrected chi connectivity index (χ1v) is 4.82. The number of rotatable bonds is 4. The number of Topliss-reactive ketones (excluding diaryl/α,β-unsaturated/α-hetero) is 1. The van der Waals surface area contributed by atoms with Gasteiger partial charge in [-0.3, -0.25) is 9.59 Å². The van der Waals surface area contributed by atoms with Gasteiger partial charge in [0.2, 0.25) is 5.91 Å². The van der Waals surface area contributed by atoms with E-state index in [1.54, 1.807) is 0 Å². The summed E-state index contributed by atoms with van der Waals surface area (Å²) >= 11 is 0. The van der Waals surface area contributed by atoms with Crippen LogP contribution < -0.4 is 5.32 Å². The lowest BCUT2D eigenvalue weighted by Gasteiger charge is -2.03. The van der Waals surface area contributed by atoms with Gasteiger partial charge in [0.25, 0.3) is 5.78 Å². The standard InChI is InChI=1S/C10H11F3N2O2/c1-14-8(16)3-5-15-4-2-7(6-15)9(17)10(11,12)13/h2,4,6H,3,5H2,1H3,(H,14,16). The Hall–Kier alpha value is -1.79. The van der Waals surface area contributed by atoms with Gasteiger partial charge in [0, 0.05) is 38.0 Å². The number of ketones is 1. The van der Waals surface area contributed by atoms with Crippen LogP contribution in [0.3, 0.4) is 0 Å². The number of aryl methyl sites for hydroxylation is 1. The smallest absolute Gasteiger partial charge is 0.359 e. The Balaban J connectivity index is 2.66. The van der Waals surface area contributed by atoms with Crippen LogP contribution in [0.1, 0.15) is 16.8 Å². The van der Waals surface area contributed by atoms with E-state index in [0.29, 0.717) is 0 Å². The van der Waals surface area contributed by atoms with E-state index in [1.165, 1.54) is 17.8 Å². The van der Waals surface area contributed by atoms with E-state index in [-0.39, 0.29) is 18.9 Å². The molecule has 1 N–H and O–H groups in total.